The minimum absolute atomic E-state index is 0.206. The highest BCUT2D eigenvalue weighted by atomic mass is 28.4. The van der Waals surface area contributed by atoms with Gasteiger partial charge in [0.15, 0.2) is 14.1 Å². The van der Waals surface area contributed by atoms with Crippen LogP contribution in [0.3, 0.4) is 0 Å². The molecule has 20 heavy (non-hydrogen) atoms. The third-order valence-corrected chi connectivity index (χ3v) is 8.08. The number of nitrogens with zero attached hydrogens (tertiary/aromatic N) is 2. The van der Waals surface area contributed by atoms with Gasteiger partial charge in [-0.15, -0.1) is 0 Å². The molecule has 0 aromatic carbocycles. The topological polar surface area (TPSA) is 44.2 Å². The predicted octanol–water partition coefficient (Wildman–Crippen LogP) is 4.01. The van der Waals surface area contributed by atoms with Crippen LogP contribution in [0, 0.1) is 0 Å². The highest BCUT2D eigenvalue weighted by Crippen LogP contribution is 2.36. The average molecular weight is 294 g/mol. The molecule has 0 aliphatic rings. The Balaban J connectivity index is 2.67. The van der Waals surface area contributed by atoms with Crippen molar-refractivity contribution in [1.29, 1.82) is 0 Å². The fourth-order valence-corrected chi connectivity index (χ4v) is 2.19. The Hall–Kier alpha value is -1.20. The lowest BCUT2D eigenvalue weighted by atomic mass is 10.2. The van der Waals surface area contributed by atoms with Crippen LogP contribution in [-0.2, 0) is 15.8 Å². The fourth-order valence-electron chi connectivity index (χ4n) is 1.25. The molecule has 0 bridgehead atoms. The molecule has 0 unspecified atom stereocenters. The maximum atomic E-state index is 6.15. The van der Waals surface area contributed by atoms with E-state index >= 15 is 0 Å². The number of ether oxygens (including phenoxy) is 1. The van der Waals surface area contributed by atoms with Crippen molar-refractivity contribution < 1.29 is 9.16 Å². The molecule has 0 amide bonds. The van der Waals surface area contributed by atoms with Crippen LogP contribution in [0.25, 0.3) is 6.08 Å². The molecule has 0 N–H and O–H groups in total. The van der Waals surface area contributed by atoms with Gasteiger partial charge in [0.1, 0.15) is 0 Å². The van der Waals surface area contributed by atoms with Crippen LogP contribution in [0.15, 0.2) is 18.5 Å². The smallest absolute Gasteiger partial charge is 0.192 e. The molecule has 4 nitrogen and oxygen atoms in total. The van der Waals surface area contributed by atoms with Gasteiger partial charge in [-0.1, -0.05) is 20.8 Å². The summed E-state index contributed by atoms with van der Waals surface area (Å²) in [5, 5.41) is 0.206. The minimum Gasteiger partial charge on any atom is -0.501 e. The van der Waals surface area contributed by atoms with E-state index in [1.807, 2.05) is 13.0 Å². The molecular weight excluding hydrogens is 268 g/mol. The third kappa shape index (κ3) is 5.05. The molecule has 0 spiro atoms. The van der Waals surface area contributed by atoms with Gasteiger partial charge in [0.25, 0.3) is 0 Å². The Labute approximate surface area is 123 Å². The Morgan fingerprint density at radius 2 is 2.00 bits per heavy atom. The van der Waals surface area contributed by atoms with E-state index < -0.39 is 8.32 Å². The van der Waals surface area contributed by atoms with Crippen molar-refractivity contribution in [2.75, 3.05) is 6.61 Å². The Bertz CT molecular complexity index is 453. The van der Waals surface area contributed by atoms with Crippen LogP contribution >= 0.6 is 0 Å². The fraction of sp³-hybridized carbons (Fsp3) is 0.600. The monoisotopic (exact) mass is 294 g/mol. The summed E-state index contributed by atoms with van der Waals surface area (Å²) in [6.07, 6.45) is 5.14. The quantitative estimate of drug-likeness (QED) is 0.587. The van der Waals surface area contributed by atoms with Crippen molar-refractivity contribution in [3.8, 4) is 0 Å². The van der Waals surface area contributed by atoms with Crippen molar-refractivity contribution in [2.45, 2.75) is 52.4 Å². The molecule has 1 heterocycles. The maximum Gasteiger partial charge on any atom is 0.192 e. The number of hydrogen-bond donors (Lipinski definition) is 0. The maximum absolute atomic E-state index is 6.15. The second-order valence-corrected chi connectivity index (χ2v) is 11.0. The van der Waals surface area contributed by atoms with Gasteiger partial charge < -0.3 is 9.16 Å². The summed E-state index contributed by atoms with van der Waals surface area (Å²) in [7, 11) is -1.74. The zero-order chi connectivity index (χ0) is 15.2. The van der Waals surface area contributed by atoms with Gasteiger partial charge in [-0.3, -0.25) is 0 Å². The van der Waals surface area contributed by atoms with Crippen LogP contribution in [0.2, 0.25) is 18.1 Å². The Morgan fingerprint density at radius 3 is 2.60 bits per heavy atom. The second kappa shape index (κ2) is 6.99. The van der Waals surface area contributed by atoms with Gasteiger partial charge in [0.05, 0.1) is 25.2 Å². The lowest BCUT2D eigenvalue weighted by Gasteiger charge is -2.36. The molecule has 0 atom stereocenters. The molecule has 0 saturated heterocycles. The first-order chi connectivity index (χ1) is 9.26. The van der Waals surface area contributed by atoms with E-state index in [1.54, 1.807) is 18.5 Å². The van der Waals surface area contributed by atoms with Crippen LogP contribution in [0.1, 0.15) is 39.2 Å². The summed E-state index contributed by atoms with van der Waals surface area (Å²) < 4.78 is 11.3. The molecule has 0 aliphatic carbocycles. The molecule has 0 fully saturated rings. The van der Waals surface area contributed by atoms with Gasteiger partial charge in [-0.05, 0) is 31.1 Å². The molecule has 5 heteroatoms. The molecule has 1 aromatic rings. The first kappa shape index (κ1) is 16.9. The van der Waals surface area contributed by atoms with Gasteiger partial charge in [-0.25, -0.2) is 9.97 Å². The van der Waals surface area contributed by atoms with Crippen molar-refractivity contribution in [1.82, 2.24) is 9.97 Å². The first-order valence-electron chi connectivity index (χ1n) is 7.00. The van der Waals surface area contributed by atoms with E-state index in [2.05, 4.69) is 43.8 Å². The van der Waals surface area contributed by atoms with Gasteiger partial charge >= 0.3 is 0 Å². The SMILES string of the molecule is CCO/C=C/c1nccc(CO[Si](C)(C)C(C)(C)C)n1. The minimum atomic E-state index is -1.74. The summed E-state index contributed by atoms with van der Waals surface area (Å²) in [5.74, 6) is 0.648. The molecule has 0 aliphatic heterocycles. The van der Waals surface area contributed by atoms with Crippen molar-refractivity contribution >= 4 is 14.4 Å². The largest absolute Gasteiger partial charge is 0.501 e. The summed E-state index contributed by atoms with van der Waals surface area (Å²) in [6.45, 7) is 14.3. The van der Waals surface area contributed by atoms with E-state index in [4.69, 9.17) is 9.16 Å². The van der Waals surface area contributed by atoms with Gasteiger partial charge in [0, 0.05) is 12.3 Å². The van der Waals surface area contributed by atoms with Crippen LogP contribution in [0.5, 0.6) is 0 Å². The van der Waals surface area contributed by atoms with E-state index in [1.165, 1.54) is 0 Å². The predicted molar refractivity (Wildman–Crippen MR) is 84.7 cm³/mol. The normalized spacial score (nSPS) is 12.9. The zero-order valence-corrected chi connectivity index (χ0v) is 14.4. The molecule has 0 saturated carbocycles. The summed E-state index contributed by atoms with van der Waals surface area (Å²) in [6, 6.07) is 1.89. The standard InChI is InChI=1S/C15H26N2O2Si/c1-7-18-11-9-14-16-10-8-13(17-14)12-19-20(5,6)15(2,3)4/h8-11H,7,12H2,1-6H3/b11-9+. The molecule has 1 aromatic heterocycles. The highest BCUT2D eigenvalue weighted by Gasteiger charge is 2.37. The summed E-state index contributed by atoms with van der Waals surface area (Å²) >= 11 is 0. The number of hydrogen-bond acceptors (Lipinski definition) is 4. The second-order valence-electron chi connectivity index (χ2n) is 6.21. The summed E-state index contributed by atoms with van der Waals surface area (Å²) in [4.78, 5) is 8.63. The first-order valence-corrected chi connectivity index (χ1v) is 9.91. The molecule has 112 valence electrons. The molecule has 1 rings (SSSR count). The van der Waals surface area contributed by atoms with Gasteiger partial charge in [0.2, 0.25) is 0 Å². The van der Waals surface area contributed by atoms with E-state index in [0.717, 1.165) is 5.69 Å². The van der Waals surface area contributed by atoms with Crippen molar-refractivity contribution in [3.05, 3.63) is 30.0 Å². The lowest BCUT2D eigenvalue weighted by molar-refractivity contribution is 0.270. The lowest BCUT2D eigenvalue weighted by Crippen LogP contribution is -2.40. The number of rotatable bonds is 6. The van der Waals surface area contributed by atoms with E-state index in [-0.39, 0.29) is 5.04 Å². The number of aromatic nitrogens is 2. The van der Waals surface area contributed by atoms with Crippen LogP contribution in [-0.4, -0.2) is 24.9 Å². The van der Waals surface area contributed by atoms with Crippen LogP contribution in [0.4, 0.5) is 0 Å². The van der Waals surface area contributed by atoms with Crippen LogP contribution < -0.4 is 0 Å². The van der Waals surface area contributed by atoms with Gasteiger partial charge in [-0.2, -0.15) is 0 Å². The summed E-state index contributed by atoms with van der Waals surface area (Å²) in [5.41, 5.74) is 0.904. The molecule has 0 radical (unpaired) electrons. The Kier molecular flexibility index (Phi) is 5.89. The van der Waals surface area contributed by atoms with E-state index in [0.29, 0.717) is 19.0 Å². The zero-order valence-electron chi connectivity index (χ0n) is 13.4. The van der Waals surface area contributed by atoms with E-state index in [9.17, 15) is 0 Å². The Morgan fingerprint density at radius 1 is 1.30 bits per heavy atom. The highest BCUT2D eigenvalue weighted by molar-refractivity contribution is 6.74. The van der Waals surface area contributed by atoms with Crippen molar-refractivity contribution in [3.63, 3.8) is 0 Å². The van der Waals surface area contributed by atoms with Crippen molar-refractivity contribution in [2.24, 2.45) is 0 Å². The average Bonchev–Trinajstić information content (AvgIpc) is 2.36. The molecular formula is C15H26N2O2Si. The third-order valence-electron chi connectivity index (χ3n) is 3.60.